The second-order valence-electron chi connectivity index (χ2n) is 5.91. The van der Waals surface area contributed by atoms with Crippen LogP contribution in [0, 0.1) is 0 Å². The molecule has 96 valence electrons. The van der Waals surface area contributed by atoms with Gasteiger partial charge in [0, 0.05) is 24.7 Å². The summed E-state index contributed by atoms with van der Waals surface area (Å²) in [6, 6.07) is 1.33. The van der Waals surface area contributed by atoms with Gasteiger partial charge in [0.05, 0.1) is 5.69 Å². The van der Waals surface area contributed by atoms with Crippen molar-refractivity contribution >= 4 is 6.01 Å². The van der Waals surface area contributed by atoms with Gasteiger partial charge in [-0.15, -0.1) is 0 Å². The van der Waals surface area contributed by atoms with Crippen molar-refractivity contribution in [1.29, 1.82) is 0 Å². The van der Waals surface area contributed by atoms with Crippen LogP contribution in [0.25, 0.3) is 0 Å². The zero-order valence-corrected chi connectivity index (χ0v) is 11.3. The zero-order valence-electron chi connectivity index (χ0n) is 11.3. The van der Waals surface area contributed by atoms with Crippen LogP contribution < -0.4 is 10.2 Å². The molecular formula is C13H23N3O. The molecule has 1 N–H and O–H groups in total. The van der Waals surface area contributed by atoms with Gasteiger partial charge in [-0.3, -0.25) is 0 Å². The molecule has 0 saturated carbocycles. The second kappa shape index (κ2) is 4.69. The molecule has 0 radical (unpaired) electrons. The van der Waals surface area contributed by atoms with Crippen LogP contribution in [0.3, 0.4) is 0 Å². The van der Waals surface area contributed by atoms with Crippen LogP contribution in [0.2, 0.25) is 0 Å². The van der Waals surface area contributed by atoms with Crippen molar-refractivity contribution in [2.45, 2.75) is 58.7 Å². The Kier molecular flexibility index (Phi) is 3.43. The molecule has 4 heteroatoms. The molecule has 0 spiro atoms. The first kappa shape index (κ1) is 12.4. The van der Waals surface area contributed by atoms with E-state index in [1.54, 1.807) is 6.26 Å². The summed E-state index contributed by atoms with van der Waals surface area (Å²) in [5.74, 6) is 0. The normalized spacial score (nSPS) is 21.2. The maximum Gasteiger partial charge on any atom is 0.297 e. The van der Waals surface area contributed by atoms with Crippen LogP contribution >= 0.6 is 0 Å². The average molecular weight is 237 g/mol. The van der Waals surface area contributed by atoms with E-state index in [9.17, 15) is 0 Å². The van der Waals surface area contributed by atoms with Crippen molar-refractivity contribution in [2.75, 3.05) is 11.4 Å². The van der Waals surface area contributed by atoms with Gasteiger partial charge in [-0.25, -0.2) is 0 Å². The van der Waals surface area contributed by atoms with E-state index in [2.05, 4.69) is 42.9 Å². The number of rotatable bonds is 3. The fraction of sp³-hybridized carbons (Fsp3) is 0.769. The van der Waals surface area contributed by atoms with E-state index < -0.39 is 0 Å². The number of anilines is 1. The van der Waals surface area contributed by atoms with Crippen LogP contribution in [-0.4, -0.2) is 23.1 Å². The SMILES string of the molecule is CC1CCCN1c1nc(CNC(C)(C)C)co1. The number of oxazole rings is 1. The molecule has 1 aromatic rings. The lowest BCUT2D eigenvalue weighted by atomic mass is 10.1. The predicted octanol–water partition coefficient (Wildman–Crippen LogP) is 2.55. The van der Waals surface area contributed by atoms with Gasteiger partial charge in [0.1, 0.15) is 6.26 Å². The molecule has 2 heterocycles. The summed E-state index contributed by atoms with van der Waals surface area (Å²) in [6.45, 7) is 10.5. The van der Waals surface area contributed by atoms with Crippen molar-refractivity contribution in [3.05, 3.63) is 12.0 Å². The summed E-state index contributed by atoms with van der Waals surface area (Å²) < 4.78 is 5.56. The monoisotopic (exact) mass is 237 g/mol. The van der Waals surface area contributed by atoms with Crippen molar-refractivity contribution in [3.8, 4) is 0 Å². The molecular weight excluding hydrogens is 214 g/mol. The van der Waals surface area contributed by atoms with Gasteiger partial charge in [-0.05, 0) is 40.5 Å². The fourth-order valence-corrected chi connectivity index (χ4v) is 2.08. The van der Waals surface area contributed by atoms with E-state index in [4.69, 9.17) is 4.42 Å². The maximum absolute atomic E-state index is 5.56. The summed E-state index contributed by atoms with van der Waals surface area (Å²) >= 11 is 0. The molecule has 0 aliphatic carbocycles. The summed E-state index contributed by atoms with van der Waals surface area (Å²) in [7, 11) is 0. The van der Waals surface area contributed by atoms with E-state index in [-0.39, 0.29) is 5.54 Å². The first-order valence-corrected chi connectivity index (χ1v) is 6.42. The molecule has 17 heavy (non-hydrogen) atoms. The third-order valence-electron chi connectivity index (χ3n) is 3.14. The van der Waals surface area contributed by atoms with Crippen LogP contribution in [-0.2, 0) is 6.54 Å². The molecule has 1 saturated heterocycles. The number of nitrogens with one attached hydrogen (secondary N) is 1. The third-order valence-corrected chi connectivity index (χ3v) is 3.14. The quantitative estimate of drug-likeness (QED) is 0.877. The second-order valence-corrected chi connectivity index (χ2v) is 5.91. The maximum atomic E-state index is 5.56. The van der Waals surface area contributed by atoms with Gasteiger partial charge >= 0.3 is 0 Å². The van der Waals surface area contributed by atoms with Gasteiger partial charge in [0.15, 0.2) is 0 Å². The van der Waals surface area contributed by atoms with Crippen LogP contribution in [0.15, 0.2) is 10.7 Å². The molecule has 4 nitrogen and oxygen atoms in total. The summed E-state index contributed by atoms with van der Waals surface area (Å²) in [6.07, 6.45) is 4.23. The Morgan fingerprint density at radius 1 is 1.53 bits per heavy atom. The zero-order chi connectivity index (χ0) is 12.5. The molecule has 1 aliphatic rings. The average Bonchev–Trinajstić information content (AvgIpc) is 2.81. The van der Waals surface area contributed by atoms with Gasteiger partial charge in [-0.1, -0.05) is 0 Å². The number of hydrogen-bond donors (Lipinski definition) is 1. The molecule has 1 fully saturated rings. The van der Waals surface area contributed by atoms with E-state index >= 15 is 0 Å². The molecule has 2 rings (SSSR count). The topological polar surface area (TPSA) is 41.3 Å². The van der Waals surface area contributed by atoms with Crippen LogP contribution in [0.4, 0.5) is 6.01 Å². The minimum atomic E-state index is 0.111. The van der Waals surface area contributed by atoms with Crippen molar-refractivity contribution in [2.24, 2.45) is 0 Å². The fourth-order valence-electron chi connectivity index (χ4n) is 2.08. The molecule has 0 amide bonds. The third kappa shape index (κ3) is 3.22. The minimum Gasteiger partial charge on any atom is -0.432 e. The number of nitrogens with zero attached hydrogens (tertiary/aromatic N) is 2. The summed E-state index contributed by atoms with van der Waals surface area (Å²) in [5, 5.41) is 3.41. The van der Waals surface area contributed by atoms with E-state index in [1.807, 2.05) is 0 Å². The molecule has 1 atom stereocenters. The summed E-state index contributed by atoms with van der Waals surface area (Å²) in [4.78, 5) is 6.79. The lowest BCUT2D eigenvalue weighted by Gasteiger charge is -2.19. The van der Waals surface area contributed by atoms with Gasteiger partial charge in [0.2, 0.25) is 0 Å². The Labute approximate surface area is 103 Å². The van der Waals surface area contributed by atoms with E-state index in [0.717, 1.165) is 24.8 Å². The number of hydrogen-bond acceptors (Lipinski definition) is 4. The first-order chi connectivity index (χ1) is 7.96. The van der Waals surface area contributed by atoms with E-state index in [1.165, 1.54) is 12.8 Å². The highest BCUT2D eigenvalue weighted by Gasteiger charge is 2.24. The highest BCUT2D eigenvalue weighted by Crippen LogP contribution is 2.24. The lowest BCUT2D eigenvalue weighted by Crippen LogP contribution is -2.35. The molecule has 0 aromatic carbocycles. The number of aromatic nitrogens is 1. The highest BCUT2D eigenvalue weighted by atomic mass is 16.4. The molecule has 0 bridgehead atoms. The molecule has 1 aliphatic heterocycles. The highest BCUT2D eigenvalue weighted by molar-refractivity contribution is 5.30. The smallest absolute Gasteiger partial charge is 0.297 e. The Morgan fingerprint density at radius 3 is 2.88 bits per heavy atom. The lowest BCUT2D eigenvalue weighted by molar-refractivity contribution is 0.421. The van der Waals surface area contributed by atoms with Crippen molar-refractivity contribution in [3.63, 3.8) is 0 Å². The Hall–Kier alpha value is -1.03. The largest absolute Gasteiger partial charge is 0.432 e. The van der Waals surface area contributed by atoms with Gasteiger partial charge < -0.3 is 14.6 Å². The van der Waals surface area contributed by atoms with Gasteiger partial charge in [-0.2, -0.15) is 4.98 Å². The van der Waals surface area contributed by atoms with Crippen LogP contribution in [0.5, 0.6) is 0 Å². The Morgan fingerprint density at radius 2 is 2.29 bits per heavy atom. The molecule has 1 unspecified atom stereocenters. The Bertz CT molecular complexity index is 367. The molecule has 1 aromatic heterocycles. The van der Waals surface area contributed by atoms with Gasteiger partial charge in [0.25, 0.3) is 6.01 Å². The van der Waals surface area contributed by atoms with E-state index in [0.29, 0.717) is 6.04 Å². The van der Waals surface area contributed by atoms with Crippen LogP contribution in [0.1, 0.15) is 46.2 Å². The predicted molar refractivity (Wildman–Crippen MR) is 69.1 cm³/mol. The Balaban J connectivity index is 1.96. The van der Waals surface area contributed by atoms with Crippen molar-refractivity contribution in [1.82, 2.24) is 10.3 Å². The van der Waals surface area contributed by atoms with Crippen molar-refractivity contribution < 1.29 is 4.42 Å². The minimum absolute atomic E-state index is 0.111. The standard InChI is InChI=1S/C13H23N3O/c1-10-6-5-7-16(10)12-15-11(9-17-12)8-14-13(2,3)4/h9-10,14H,5-8H2,1-4H3. The first-order valence-electron chi connectivity index (χ1n) is 6.42. The summed E-state index contributed by atoms with van der Waals surface area (Å²) in [5.41, 5.74) is 1.09.